The van der Waals surface area contributed by atoms with Gasteiger partial charge in [0.05, 0.1) is 11.2 Å². The minimum atomic E-state index is -0.222. The van der Waals surface area contributed by atoms with Gasteiger partial charge >= 0.3 is 0 Å². The van der Waals surface area contributed by atoms with Crippen LogP contribution in [0.3, 0.4) is 0 Å². The van der Waals surface area contributed by atoms with E-state index in [1.165, 1.54) is 17.0 Å². The van der Waals surface area contributed by atoms with E-state index >= 15 is 0 Å². The number of rotatable bonds is 4. The average Bonchev–Trinajstić information content (AvgIpc) is 2.75. The van der Waals surface area contributed by atoms with Crippen LogP contribution in [0.2, 0.25) is 0 Å². The highest BCUT2D eigenvalue weighted by molar-refractivity contribution is 9.10. The summed E-state index contributed by atoms with van der Waals surface area (Å²) in [6.07, 6.45) is 0.806. The fourth-order valence-corrected chi connectivity index (χ4v) is 3.30. The van der Waals surface area contributed by atoms with E-state index in [1.807, 2.05) is 25.5 Å². The molecule has 1 aromatic carbocycles. The maximum atomic E-state index is 13.1. The van der Waals surface area contributed by atoms with Crippen LogP contribution in [0, 0.1) is 12.7 Å². The van der Waals surface area contributed by atoms with Crippen molar-refractivity contribution in [3.8, 4) is 0 Å². The molecule has 2 rings (SSSR count). The molecule has 0 aliphatic rings. The van der Waals surface area contributed by atoms with Crippen LogP contribution in [0.4, 0.5) is 4.39 Å². The second-order valence-electron chi connectivity index (χ2n) is 4.08. The molecule has 1 heterocycles. The number of nitrogens with zero attached hydrogens (tertiary/aromatic N) is 1. The van der Waals surface area contributed by atoms with Gasteiger partial charge in [0.15, 0.2) is 0 Å². The number of benzene rings is 1. The summed E-state index contributed by atoms with van der Waals surface area (Å²) in [6.45, 7) is 2.01. The van der Waals surface area contributed by atoms with Crippen LogP contribution in [-0.4, -0.2) is 12.0 Å². The number of hydrogen-bond donors (Lipinski definition) is 1. The summed E-state index contributed by atoms with van der Waals surface area (Å²) in [5.41, 5.74) is 4.00. The Morgan fingerprint density at radius 2 is 2.28 bits per heavy atom. The lowest BCUT2D eigenvalue weighted by Gasteiger charge is -2.16. The fourth-order valence-electron chi connectivity index (χ4n) is 1.88. The summed E-state index contributed by atoms with van der Waals surface area (Å²) in [5, 5.41) is 3.29. The quantitative estimate of drug-likeness (QED) is 0.921. The van der Waals surface area contributed by atoms with Crippen molar-refractivity contribution in [2.45, 2.75) is 19.4 Å². The van der Waals surface area contributed by atoms with E-state index in [0.717, 1.165) is 22.2 Å². The largest absolute Gasteiger partial charge is 0.312 e. The van der Waals surface area contributed by atoms with Gasteiger partial charge in [0, 0.05) is 15.4 Å². The van der Waals surface area contributed by atoms with Crippen LogP contribution in [0.15, 0.2) is 28.2 Å². The summed E-state index contributed by atoms with van der Waals surface area (Å²) in [5.74, 6) is -0.222. The van der Waals surface area contributed by atoms with Crippen molar-refractivity contribution in [2.75, 3.05) is 7.05 Å². The van der Waals surface area contributed by atoms with E-state index in [1.54, 1.807) is 11.3 Å². The zero-order valence-electron chi connectivity index (χ0n) is 10.2. The Morgan fingerprint density at radius 1 is 1.50 bits per heavy atom. The van der Waals surface area contributed by atoms with Crippen molar-refractivity contribution in [3.05, 3.63) is 50.1 Å². The summed E-state index contributed by atoms with van der Waals surface area (Å²) >= 11 is 5.05. The van der Waals surface area contributed by atoms with Gasteiger partial charge < -0.3 is 5.32 Å². The summed E-state index contributed by atoms with van der Waals surface area (Å²) in [7, 11) is 1.93. The SMILES string of the molecule is CNC(Cc1ccc(F)cc1Br)c1scnc1C. The predicted octanol–water partition coefficient (Wildman–Crippen LogP) is 3.86. The van der Waals surface area contributed by atoms with Gasteiger partial charge in [0.2, 0.25) is 0 Å². The Kier molecular flexibility index (Phi) is 4.48. The van der Waals surface area contributed by atoms with Crippen molar-refractivity contribution in [1.82, 2.24) is 10.3 Å². The monoisotopic (exact) mass is 328 g/mol. The molecule has 0 bridgehead atoms. The Labute approximate surface area is 118 Å². The normalized spacial score (nSPS) is 12.7. The van der Waals surface area contributed by atoms with Crippen LogP contribution in [0.5, 0.6) is 0 Å². The lowest BCUT2D eigenvalue weighted by atomic mass is 10.0. The molecule has 0 amide bonds. The van der Waals surface area contributed by atoms with E-state index in [9.17, 15) is 4.39 Å². The minimum Gasteiger partial charge on any atom is -0.312 e. The molecule has 0 aliphatic carbocycles. The third kappa shape index (κ3) is 2.96. The van der Waals surface area contributed by atoms with Gasteiger partial charge in [-0.3, -0.25) is 0 Å². The number of likely N-dealkylation sites (N-methyl/N-ethyl adjacent to an activating group) is 1. The molecule has 96 valence electrons. The number of thiazole rings is 1. The summed E-state index contributed by atoms with van der Waals surface area (Å²) in [4.78, 5) is 5.50. The third-order valence-corrected chi connectivity index (χ3v) is 4.67. The van der Waals surface area contributed by atoms with Crippen molar-refractivity contribution < 1.29 is 4.39 Å². The Balaban J connectivity index is 2.23. The molecule has 1 N–H and O–H groups in total. The highest BCUT2D eigenvalue weighted by atomic mass is 79.9. The second kappa shape index (κ2) is 5.91. The van der Waals surface area contributed by atoms with Crippen LogP contribution < -0.4 is 5.32 Å². The van der Waals surface area contributed by atoms with Gasteiger partial charge in [-0.2, -0.15) is 0 Å². The maximum Gasteiger partial charge on any atom is 0.124 e. The topological polar surface area (TPSA) is 24.9 Å². The maximum absolute atomic E-state index is 13.1. The van der Waals surface area contributed by atoms with E-state index in [4.69, 9.17) is 0 Å². The number of aromatic nitrogens is 1. The molecule has 0 saturated heterocycles. The number of aryl methyl sites for hydroxylation is 1. The van der Waals surface area contributed by atoms with E-state index in [0.29, 0.717) is 0 Å². The average molecular weight is 329 g/mol. The van der Waals surface area contributed by atoms with Crippen LogP contribution in [0.25, 0.3) is 0 Å². The first-order valence-corrected chi connectivity index (χ1v) is 7.30. The predicted molar refractivity (Wildman–Crippen MR) is 76.5 cm³/mol. The Bertz CT molecular complexity index is 542. The fraction of sp³-hybridized carbons (Fsp3) is 0.308. The smallest absolute Gasteiger partial charge is 0.124 e. The van der Waals surface area contributed by atoms with Gasteiger partial charge in [0.1, 0.15) is 5.82 Å². The highest BCUT2D eigenvalue weighted by Gasteiger charge is 2.16. The first-order chi connectivity index (χ1) is 8.61. The van der Waals surface area contributed by atoms with Gasteiger partial charge in [-0.15, -0.1) is 11.3 Å². The molecule has 0 radical (unpaired) electrons. The zero-order chi connectivity index (χ0) is 13.1. The molecule has 18 heavy (non-hydrogen) atoms. The van der Waals surface area contributed by atoms with Crippen LogP contribution in [0.1, 0.15) is 22.2 Å². The molecule has 0 spiro atoms. The van der Waals surface area contributed by atoms with Crippen LogP contribution in [-0.2, 0) is 6.42 Å². The lowest BCUT2D eigenvalue weighted by Crippen LogP contribution is -2.18. The standard InChI is InChI=1S/C13H14BrFN2S/c1-8-13(18-7-17-8)12(16-2)5-9-3-4-10(15)6-11(9)14/h3-4,6-7,12,16H,5H2,1-2H3. The Hall–Kier alpha value is -0.780. The summed E-state index contributed by atoms with van der Waals surface area (Å²) < 4.78 is 13.9. The minimum absolute atomic E-state index is 0.208. The van der Waals surface area contributed by atoms with Gasteiger partial charge in [-0.25, -0.2) is 9.37 Å². The molecule has 0 aliphatic heterocycles. The molecule has 2 aromatic rings. The zero-order valence-corrected chi connectivity index (χ0v) is 12.6. The van der Waals surface area contributed by atoms with Crippen molar-refractivity contribution in [3.63, 3.8) is 0 Å². The number of hydrogen-bond acceptors (Lipinski definition) is 3. The van der Waals surface area contributed by atoms with Crippen LogP contribution >= 0.6 is 27.3 Å². The first kappa shape index (κ1) is 13.6. The van der Waals surface area contributed by atoms with Gasteiger partial charge in [-0.05, 0) is 38.1 Å². The Morgan fingerprint density at radius 3 is 2.83 bits per heavy atom. The molecule has 5 heteroatoms. The molecule has 0 fully saturated rings. The molecular formula is C13H14BrFN2S. The van der Waals surface area contributed by atoms with Crippen molar-refractivity contribution in [1.29, 1.82) is 0 Å². The second-order valence-corrected chi connectivity index (χ2v) is 5.82. The molecular weight excluding hydrogens is 315 g/mol. The molecule has 2 nitrogen and oxygen atoms in total. The summed E-state index contributed by atoms with van der Waals surface area (Å²) in [6, 6.07) is 5.02. The molecule has 0 saturated carbocycles. The molecule has 1 aromatic heterocycles. The van der Waals surface area contributed by atoms with E-state index < -0.39 is 0 Å². The van der Waals surface area contributed by atoms with Gasteiger partial charge in [0.25, 0.3) is 0 Å². The molecule has 1 unspecified atom stereocenters. The van der Waals surface area contributed by atoms with Gasteiger partial charge in [-0.1, -0.05) is 22.0 Å². The number of halogens is 2. The van der Waals surface area contributed by atoms with Crippen molar-refractivity contribution >= 4 is 27.3 Å². The number of nitrogens with one attached hydrogen (secondary N) is 1. The third-order valence-electron chi connectivity index (χ3n) is 2.89. The van der Waals surface area contributed by atoms with E-state index in [-0.39, 0.29) is 11.9 Å². The van der Waals surface area contributed by atoms with E-state index in [2.05, 4.69) is 26.2 Å². The highest BCUT2D eigenvalue weighted by Crippen LogP contribution is 2.28. The van der Waals surface area contributed by atoms with Crippen molar-refractivity contribution in [2.24, 2.45) is 0 Å². The first-order valence-electron chi connectivity index (χ1n) is 5.63. The molecule has 1 atom stereocenters. The lowest BCUT2D eigenvalue weighted by molar-refractivity contribution is 0.592.